The van der Waals surface area contributed by atoms with Gasteiger partial charge in [0.15, 0.2) is 0 Å². The predicted molar refractivity (Wildman–Crippen MR) is 118 cm³/mol. The molecule has 1 N–H and O–H groups in total. The van der Waals surface area contributed by atoms with Crippen molar-refractivity contribution in [3.8, 4) is 17.2 Å². The van der Waals surface area contributed by atoms with Crippen molar-refractivity contribution >= 4 is 28.3 Å². The van der Waals surface area contributed by atoms with Crippen molar-refractivity contribution in [2.75, 3.05) is 39.2 Å². The highest BCUT2D eigenvalue weighted by Crippen LogP contribution is 2.45. The van der Waals surface area contributed by atoms with Crippen LogP contribution in [-0.2, 0) is 4.74 Å². The monoisotopic (exact) mass is 431 g/mol. The molecule has 4 rings (SSSR count). The molecule has 0 aliphatic carbocycles. The van der Waals surface area contributed by atoms with Crippen LogP contribution in [0.15, 0.2) is 41.6 Å². The molecular weight excluding hydrogens is 409 g/mol. The predicted octanol–water partition coefficient (Wildman–Crippen LogP) is 4.78. The number of thioether (sulfide) groups is 1. The van der Waals surface area contributed by atoms with Gasteiger partial charge >= 0.3 is 0 Å². The Hall–Kier alpha value is -2.04. The quantitative estimate of drug-likeness (QED) is 0.693. The molecule has 1 saturated heterocycles. The number of ether oxygens (including phenoxy) is 1. The first-order chi connectivity index (χ1) is 14.0. The lowest BCUT2D eigenvalue weighted by molar-refractivity contribution is 0.109. The van der Waals surface area contributed by atoms with Gasteiger partial charge in [0.2, 0.25) is 0 Å². The summed E-state index contributed by atoms with van der Waals surface area (Å²) in [5.41, 5.74) is 3.83. The van der Waals surface area contributed by atoms with Crippen LogP contribution in [-0.4, -0.2) is 44.1 Å². The topological polar surface area (TPSA) is 48.3 Å². The Morgan fingerprint density at radius 3 is 2.52 bits per heavy atom. The highest BCUT2D eigenvalue weighted by atomic mass is 35.5. The molecule has 0 bridgehead atoms. The van der Waals surface area contributed by atoms with Crippen molar-refractivity contribution < 1.29 is 9.13 Å². The lowest BCUT2D eigenvalue weighted by Crippen LogP contribution is -2.30. The fourth-order valence-electron chi connectivity index (χ4n) is 3.13. The lowest BCUT2D eigenvalue weighted by Gasteiger charge is -2.14. The number of nitriles is 1. The molecule has 29 heavy (non-hydrogen) atoms. The second-order valence-electron chi connectivity index (χ2n) is 6.76. The number of nitrogens with zero attached hydrogens (tertiary/aromatic N) is 2. The van der Waals surface area contributed by atoms with Gasteiger partial charge in [-0.05, 0) is 35.7 Å². The van der Waals surface area contributed by atoms with Crippen molar-refractivity contribution in [1.82, 2.24) is 10.2 Å². The smallest absolute Gasteiger partial charge is 0.141 e. The summed E-state index contributed by atoms with van der Waals surface area (Å²) >= 11 is 8.12. The molecule has 0 aromatic heterocycles. The van der Waals surface area contributed by atoms with E-state index in [1.807, 2.05) is 43.1 Å². The van der Waals surface area contributed by atoms with Gasteiger partial charge in [0, 0.05) is 25.7 Å². The first-order valence-corrected chi connectivity index (χ1v) is 10.7. The van der Waals surface area contributed by atoms with E-state index in [4.69, 9.17) is 21.6 Å². The highest BCUT2D eigenvalue weighted by molar-refractivity contribution is 8.08. The van der Waals surface area contributed by atoms with Gasteiger partial charge in [0.1, 0.15) is 17.0 Å². The molecule has 0 spiro atoms. The van der Waals surface area contributed by atoms with Crippen molar-refractivity contribution in [3.05, 3.63) is 64.1 Å². The molecule has 2 aliphatic heterocycles. The molecule has 0 unspecified atom stereocenters. The number of benzene rings is 2. The maximum absolute atomic E-state index is 14.0. The average molecular weight is 432 g/mol. The van der Waals surface area contributed by atoms with Gasteiger partial charge in [-0.25, -0.2) is 4.39 Å². The molecule has 0 atom stereocenters. The van der Waals surface area contributed by atoms with Crippen LogP contribution < -0.4 is 5.32 Å². The maximum Gasteiger partial charge on any atom is 0.141 e. The Labute approximate surface area is 180 Å². The lowest BCUT2D eigenvalue weighted by atomic mass is 9.95. The van der Waals surface area contributed by atoms with Crippen LogP contribution in [0.2, 0.25) is 0 Å². The van der Waals surface area contributed by atoms with Crippen LogP contribution in [0.1, 0.15) is 16.7 Å². The molecule has 2 aromatic carbocycles. The molecule has 2 heterocycles. The molecule has 0 saturated carbocycles. The molecule has 2 aliphatic rings. The zero-order chi connectivity index (χ0) is 20.8. The van der Waals surface area contributed by atoms with Gasteiger partial charge in [0.25, 0.3) is 0 Å². The molecular formula is C22H23ClFN3OS. The Kier molecular flexibility index (Phi) is 7.57. The highest BCUT2D eigenvalue weighted by Gasteiger charge is 2.24. The van der Waals surface area contributed by atoms with Crippen LogP contribution in [0.5, 0.6) is 0 Å². The second kappa shape index (κ2) is 10.1. The minimum Gasteiger partial charge on any atom is -0.379 e. The fraction of sp³-hybridized carbons (Fsp3) is 0.318. The van der Waals surface area contributed by atoms with Gasteiger partial charge in [0.05, 0.1) is 29.6 Å². The van der Waals surface area contributed by atoms with Crippen molar-refractivity contribution in [1.29, 1.82) is 5.26 Å². The molecule has 2 aromatic rings. The zero-order valence-electron chi connectivity index (χ0n) is 16.5. The van der Waals surface area contributed by atoms with Gasteiger partial charge in [-0.3, -0.25) is 0 Å². The number of hydrogen-bond acceptors (Lipinski definition) is 5. The van der Waals surface area contributed by atoms with Crippen LogP contribution >= 0.6 is 23.4 Å². The van der Waals surface area contributed by atoms with E-state index in [1.165, 1.54) is 12.1 Å². The third-order valence-corrected chi connectivity index (χ3v) is 6.46. The first-order valence-electron chi connectivity index (χ1n) is 9.35. The summed E-state index contributed by atoms with van der Waals surface area (Å²) < 4.78 is 19.0. The molecule has 0 radical (unpaired) electrons. The molecule has 4 nitrogen and oxygen atoms in total. The fourth-order valence-corrected chi connectivity index (χ4v) is 4.66. The van der Waals surface area contributed by atoms with E-state index in [0.717, 1.165) is 59.3 Å². The largest absolute Gasteiger partial charge is 0.379 e. The second-order valence-corrected chi connectivity index (χ2v) is 8.07. The van der Waals surface area contributed by atoms with Gasteiger partial charge < -0.3 is 15.0 Å². The Bertz CT molecular complexity index is 942. The van der Waals surface area contributed by atoms with E-state index in [-0.39, 0.29) is 5.56 Å². The van der Waals surface area contributed by atoms with E-state index < -0.39 is 5.82 Å². The average Bonchev–Trinajstić information content (AvgIpc) is 3.08. The summed E-state index contributed by atoms with van der Waals surface area (Å²) in [6, 6.07) is 12.5. The Balaban J connectivity index is 0.000000343. The summed E-state index contributed by atoms with van der Waals surface area (Å²) in [5.74, 6) is 0.290. The van der Waals surface area contributed by atoms with Crippen LogP contribution in [0.25, 0.3) is 16.0 Å². The van der Waals surface area contributed by atoms with Gasteiger partial charge in [-0.2, -0.15) is 5.26 Å². The van der Waals surface area contributed by atoms with E-state index in [9.17, 15) is 4.39 Å². The van der Waals surface area contributed by atoms with E-state index in [1.54, 1.807) is 17.8 Å². The Morgan fingerprint density at radius 1 is 1.24 bits per heavy atom. The van der Waals surface area contributed by atoms with Crippen molar-refractivity contribution in [2.45, 2.75) is 6.92 Å². The minimum absolute atomic E-state index is 0.0511. The maximum atomic E-state index is 14.0. The number of hydrogen-bond donors (Lipinski definition) is 1. The van der Waals surface area contributed by atoms with Crippen LogP contribution in [0, 0.1) is 24.1 Å². The van der Waals surface area contributed by atoms with Gasteiger partial charge in [-0.1, -0.05) is 35.9 Å². The molecule has 1 fully saturated rings. The third kappa shape index (κ3) is 5.12. The number of rotatable bonds is 2. The first kappa shape index (κ1) is 21.7. The summed E-state index contributed by atoms with van der Waals surface area (Å²) in [7, 11) is 1.95. The van der Waals surface area contributed by atoms with Crippen molar-refractivity contribution in [3.63, 3.8) is 0 Å². The van der Waals surface area contributed by atoms with Gasteiger partial charge in [-0.15, -0.1) is 11.8 Å². The van der Waals surface area contributed by atoms with E-state index in [0.29, 0.717) is 5.16 Å². The third-order valence-electron chi connectivity index (χ3n) is 4.67. The number of aryl methyl sites for hydroxylation is 1. The molecule has 152 valence electrons. The van der Waals surface area contributed by atoms with Crippen LogP contribution in [0.3, 0.4) is 0 Å². The van der Waals surface area contributed by atoms with Crippen molar-refractivity contribution in [2.24, 2.45) is 0 Å². The summed E-state index contributed by atoms with van der Waals surface area (Å²) in [6.45, 7) is 5.86. The molecule has 7 heteroatoms. The normalized spacial score (nSPS) is 16.3. The Morgan fingerprint density at radius 2 is 2.00 bits per heavy atom. The number of halogens is 2. The van der Waals surface area contributed by atoms with E-state index >= 15 is 0 Å². The minimum atomic E-state index is -0.506. The summed E-state index contributed by atoms with van der Waals surface area (Å²) in [4.78, 5) is 2.99. The zero-order valence-corrected chi connectivity index (χ0v) is 18.0. The number of nitrogens with one attached hydrogen (secondary N) is 1. The SMILES string of the molecule is C1COCCN1.Cc1cccc(-c2ccc(C#N)c(F)c2)c1C1=C(Cl)N(C)CS1. The standard InChI is InChI=1S/C18H14ClFN2S.C4H9NO/c1-11-4-3-5-14(12-6-7-13(9-21)15(20)8-12)16(11)17-18(19)22(2)10-23-17;1-3-6-4-2-5-1/h3-8H,10H2,1-2H3;5H,1-4H2. The number of morpholine rings is 1. The van der Waals surface area contributed by atoms with Crippen LogP contribution in [0.4, 0.5) is 4.39 Å². The molecule has 0 amide bonds. The summed E-state index contributed by atoms with van der Waals surface area (Å²) in [5, 5.41) is 12.8. The summed E-state index contributed by atoms with van der Waals surface area (Å²) in [6.07, 6.45) is 0. The van der Waals surface area contributed by atoms with E-state index in [2.05, 4.69) is 5.32 Å².